The van der Waals surface area contributed by atoms with Gasteiger partial charge in [0.2, 0.25) is 0 Å². The van der Waals surface area contributed by atoms with Gasteiger partial charge in [-0.05, 0) is 12.8 Å². The predicted molar refractivity (Wildman–Crippen MR) is 56.9 cm³/mol. The molecule has 0 spiro atoms. The molecule has 0 aromatic heterocycles. The van der Waals surface area contributed by atoms with Gasteiger partial charge < -0.3 is 10.2 Å². The summed E-state index contributed by atoms with van der Waals surface area (Å²) in [6.07, 6.45) is 0.529. The summed E-state index contributed by atoms with van der Waals surface area (Å²) >= 11 is 0. The monoisotopic (exact) mass is 244 g/mol. The lowest BCUT2D eigenvalue weighted by Crippen LogP contribution is -2.39. The van der Waals surface area contributed by atoms with Crippen LogP contribution < -0.4 is 5.43 Å². The standard InChI is InChI=1S/C10H16N2O5/c1-3-6(9(16)17)8(15)10(4-2)11-12(10)5-7(13)14/h6,11H,3-5H2,1-2H3,(H,13,14)(H,16,17). The van der Waals surface area contributed by atoms with Crippen molar-refractivity contribution < 1.29 is 24.6 Å². The number of Topliss-reactive ketones (excluding diaryl/α,β-unsaturated/α-hetero) is 1. The van der Waals surface area contributed by atoms with E-state index in [9.17, 15) is 14.4 Å². The molecule has 1 aliphatic heterocycles. The predicted octanol–water partition coefficient (Wildman–Crippen LogP) is -0.323. The molecule has 1 aliphatic rings. The molecule has 0 bridgehead atoms. The molecule has 7 heteroatoms. The number of carboxylic acid groups (broad SMARTS) is 2. The zero-order valence-electron chi connectivity index (χ0n) is 9.77. The highest BCUT2D eigenvalue weighted by atomic mass is 16.4. The first kappa shape index (κ1) is 13.6. The van der Waals surface area contributed by atoms with Crippen LogP contribution in [0.25, 0.3) is 0 Å². The maximum absolute atomic E-state index is 12.0. The third-order valence-corrected chi connectivity index (χ3v) is 2.97. The number of aliphatic carboxylic acids is 2. The SMILES string of the molecule is CCC(C(=O)O)C(=O)C1(CC)NN1CC(=O)O. The average Bonchev–Trinajstić information content (AvgIpc) is 2.92. The largest absolute Gasteiger partial charge is 0.481 e. The fourth-order valence-electron chi connectivity index (χ4n) is 1.90. The molecule has 1 heterocycles. The van der Waals surface area contributed by atoms with Crippen molar-refractivity contribution in [3.8, 4) is 0 Å². The van der Waals surface area contributed by atoms with E-state index >= 15 is 0 Å². The van der Waals surface area contributed by atoms with Crippen LogP contribution in [0.5, 0.6) is 0 Å². The molecule has 1 saturated heterocycles. The third kappa shape index (κ3) is 2.45. The second-order valence-electron chi connectivity index (χ2n) is 3.97. The normalized spacial score (nSPS) is 28.5. The molecule has 3 N–H and O–H groups in total. The van der Waals surface area contributed by atoms with Crippen molar-refractivity contribution >= 4 is 17.7 Å². The van der Waals surface area contributed by atoms with E-state index in [0.717, 1.165) is 0 Å². The Bertz CT molecular complexity index is 357. The summed E-state index contributed by atoms with van der Waals surface area (Å²) in [5, 5.41) is 18.8. The quantitative estimate of drug-likeness (QED) is 0.415. The van der Waals surface area contributed by atoms with Crippen molar-refractivity contribution in [1.82, 2.24) is 10.4 Å². The number of carboxylic acids is 2. The zero-order chi connectivity index (χ0) is 13.2. The topological polar surface area (TPSA) is 117 Å². The fourth-order valence-corrected chi connectivity index (χ4v) is 1.90. The number of carbonyl (C=O) groups is 3. The molecule has 3 unspecified atom stereocenters. The molecule has 17 heavy (non-hydrogen) atoms. The molecule has 0 amide bonds. The van der Waals surface area contributed by atoms with Gasteiger partial charge in [0.15, 0.2) is 11.4 Å². The summed E-state index contributed by atoms with van der Waals surface area (Å²) in [5.74, 6) is -3.81. The smallest absolute Gasteiger partial charge is 0.319 e. The van der Waals surface area contributed by atoms with Gasteiger partial charge in [-0.15, -0.1) is 0 Å². The lowest BCUT2D eigenvalue weighted by molar-refractivity contribution is -0.147. The zero-order valence-corrected chi connectivity index (χ0v) is 9.77. The van der Waals surface area contributed by atoms with Crippen molar-refractivity contribution in [3.63, 3.8) is 0 Å². The molecule has 96 valence electrons. The number of nitrogens with one attached hydrogen (secondary N) is 1. The first-order valence-electron chi connectivity index (χ1n) is 5.43. The van der Waals surface area contributed by atoms with Crippen molar-refractivity contribution in [2.45, 2.75) is 32.4 Å². The Morgan fingerprint density at radius 1 is 1.29 bits per heavy atom. The van der Waals surface area contributed by atoms with Crippen LogP contribution in [-0.2, 0) is 14.4 Å². The maximum atomic E-state index is 12.0. The average molecular weight is 244 g/mol. The van der Waals surface area contributed by atoms with Gasteiger partial charge in [-0.3, -0.25) is 14.4 Å². The number of ketones is 1. The Morgan fingerprint density at radius 2 is 1.88 bits per heavy atom. The number of rotatable bonds is 7. The highest BCUT2D eigenvalue weighted by molar-refractivity contribution is 6.04. The number of carbonyl (C=O) groups excluding carboxylic acids is 1. The third-order valence-electron chi connectivity index (χ3n) is 2.97. The summed E-state index contributed by atoms with van der Waals surface area (Å²) in [6.45, 7) is 3.00. The summed E-state index contributed by atoms with van der Waals surface area (Å²) in [5.41, 5.74) is 1.56. The number of hydrazine groups is 1. The van der Waals surface area contributed by atoms with Gasteiger partial charge in [0, 0.05) is 0 Å². The van der Waals surface area contributed by atoms with E-state index < -0.39 is 29.3 Å². The highest BCUT2D eigenvalue weighted by Gasteiger charge is 2.59. The Kier molecular flexibility index (Phi) is 3.84. The van der Waals surface area contributed by atoms with Crippen LogP contribution in [0.15, 0.2) is 0 Å². The lowest BCUT2D eigenvalue weighted by atomic mass is 9.92. The molecular formula is C10H16N2O5. The van der Waals surface area contributed by atoms with Gasteiger partial charge in [-0.25, -0.2) is 10.4 Å². The van der Waals surface area contributed by atoms with Gasteiger partial charge in [-0.2, -0.15) is 0 Å². The molecule has 0 saturated carbocycles. The van der Waals surface area contributed by atoms with Gasteiger partial charge in [0.05, 0.1) is 0 Å². The van der Waals surface area contributed by atoms with E-state index in [1.165, 1.54) is 5.01 Å². The molecule has 1 rings (SSSR count). The number of nitrogens with zero attached hydrogens (tertiary/aromatic N) is 1. The van der Waals surface area contributed by atoms with Crippen LogP contribution in [-0.4, -0.2) is 45.2 Å². The van der Waals surface area contributed by atoms with Crippen molar-refractivity contribution in [1.29, 1.82) is 0 Å². The van der Waals surface area contributed by atoms with Crippen LogP contribution >= 0.6 is 0 Å². The molecule has 3 atom stereocenters. The Hall–Kier alpha value is -1.47. The van der Waals surface area contributed by atoms with Gasteiger partial charge in [0.25, 0.3) is 0 Å². The van der Waals surface area contributed by atoms with Crippen LogP contribution in [0, 0.1) is 5.92 Å². The van der Waals surface area contributed by atoms with Crippen molar-refractivity contribution in [2.75, 3.05) is 6.54 Å². The number of hydrogen-bond donors (Lipinski definition) is 3. The van der Waals surface area contributed by atoms with Crippen LogP contribution in [0.2, 0.25) is 0 Å². The Morgan fingerprint density at radius 3 is 2.24 bits per heavy atom. The molecule has 7 nitrogen and oxygen atoms in total. The van der Waals surface area contributed by atoms with Crippen molar-refractivity contribution in [3.05, 3.63) is 0 Å². The Labute approximate surface area is 98.4 Å². The maximum Gasteiger partial charge on any atom is 0.319 e. The van der Waals surface area contributed by atoms with Gasteiger partial charge in [-0.1, -0.05) is 13.8 Å². The second-order valence-corrected chi connectivity index (χ2v) is 3.97. The molecule has 0 radical (unpaired) electrons. The summed E-state index contributed by atoms with van der Waals surface area (Å²) in [7, 11) is 0. The molecule has 0 aromatic carbocycles. The van der Waals surface area contributed by atoms with E-state index in [4.69, 9.17) is 10.2 Å². The second kappa shape index (κ2) is 4.80. The first-order chi connectivity index (χ1) is 7.89. The molecule has 1 fully saturated rings. The van der Waals surface area contributed by atoms with E-state index in [1.807, 2.05) is 0 Å². The van der Waals surface area contributed by atoms with Gasteiger partial charge in [0.1, 0.15) is 12.5 Å². The summed E-state index contributed by atoms with van der Waals surface area (Å²) in [6, 6.07) is 0. The first-order valence-corrected chi connectivity index (χ1v) is 5.43. The lowest BCUT2D eigenvalue weighted by Gasteiger charge is -2.15. The van der Waals surface area contributed by atoms with Crippen LogP contribution in [0.3, 0.4) is 0 Å². The van der Waals surface area contributed by atoms with Crippen LogP contribution in [0.1, 0.15) is 26.7 Å². The molecule has 0 aromatic rings. The Balaban J connectivity index is 2.79. The van der Waals surface area contributed by atoms with Crippen molar-refractivity contribution in [2.24, 2.45) is 5.92 Å². The van der Waals surface area contributed by atoms with E-state index in [2.05, 4.69) is 5.43 Å². The van der Waals surface area contributed by atoms with Crippen LogP contribution in [0.4, 0.5) is 0 Å². The summed E-state index contributed by atoms with van der Waals surface area (Å²) < 4.78 is 0. The van der Waals surface area contributed by atoms with E-state index in [0.29, 0.717) is 6.42 Å². The molecular weight excluding hydrogens is 228 g/mol. The molecule has 0 aliphatic carbocycles. The summed E-state index contributed by atoms with van der Waals surface area (Å²) in [4.78, 5) is 33.5. The minimum atomic E-state index is -1.17. The fraction of sp³-hybridized carbons (Fsp3) is 0.700. The van der Waals surface area contributed by atoms with E-state index in [1.54, 1.807) is 13.8 Å². The number of hydrogen-bond acceptors (Lipinski definition) is 5. The minimum absolute atomic E-state index is 0.193. The van der Waals surface area contributed by atoms with Gasteiger partial charge >= 0.3 is 11.9 Å². The van der Waals surface area contributed by atoms with E-state index in [-0.39, 0.29) is 13.0 Å². The minimum Gasteiger partial charge on any atom is -0.481 e. The highest BCUT2D eigenvalue weighted by Crippen LogP contribution is 2.32.